The van der Waals surface area contributed by atoms with E-state index in [4.69, 9.17) is 4.74 Å². The molecule has 3 heterocycles. The van der Waals surface area contributed by atoms with Crippen LogP contribution < -0.4 is 0 Å². The predicted octanol–water partition coefficient (Wildman–Crippen LogP) is -1.56. The third kappa shape index (κ3) is 0.802. The second-order valence-electron chi connectivity index (χ2n) is 4.29. The van der Waals surface area contributed by atoms with Gasteiger partial charge in [0.1, 0.15) is 6.10 Å². The number of likely N-dealkylation sites (tertiary alicyclic amines) is 1. The zero-order valence-corrected chi connectivity index (χ0v) is 8.41. The van der Waals surface area contributed by atoms with Crippen molar-refractivity contribution in [1.82, 2.24) is 4.90 Å². The van der Waals surface area contributed by atoms with E-state index in [-0.39, 0.29) is 0 Å². The lowest BCUT2D eigenvalue weighted by molar-refractivity contribution is -0.192. The molecule has 3 aliphatic heterocycles. The number of fused-ring (bicyclic) bond motifs is 1. The number of carbonyl (C=O) groups excluding carboxylic acids is 3. The molecule has 0 aromatic heterocycles. The molecule has 6 nitrogen and oxygen atoms in total. The molecule has 2 bridgehead atoms. The number of rotatable bonds is 0. The molecule has 1 aliphatic carbocycles. The van der Waals surface area contributed by atoms with Crippen LogP contribution >= 0.6 is 0 Å². The fourth-order valence-electron chi connectivity index (χ4n) is 2.62. The van der Waals surface area contributed by atoms with E-state index in [2.05, 4.69) is 0 Å². The minimum atomic E-state index is -1.98. The number of esters is 1. The van der Waals surface area contributed by atoms with Crippen LogP contribution in [0.5, 0.6) is 0 Å². The Morgan fingerprint density at radius 2 is 2.06 bits per heavy atom. The fourth-order valence-corrected chi connectivity index (χ4v) is 2.62. The standard InChI is InChI=1S/C10H9NO5/c1-11-7(12)5-4-2-3-10(15,9(14)16-4)6(5)8(11)13/h2-6,15H,1H3. The summed E-state index contributed by atoms with van der Waals surface area (Å²) in [6.45, 7) is 0. The van der Waals surface area contributed by atoms with E-state index in [1.807, 2.05) is 0 Å². The number of aliphatic hydroxyl groups is 1. The van der Waals surface area contributed by atoms with Crippen molar-refractivity contribution in [2.45, 2.75) is 11.7 Å². The minimum absolute atomic E-state index is 0.407. The molecule has 16 heavy (non-hydrogen) atoms. The molecular formula is C10H9NO5. The summed E-state index contributed by atoms with van der Waals surface area (Å²) in [6.07, 6.45) is 2.00. The molecule has 2 amide bonds. The summed E-state index contributed by atoms with van der Waals surface area (Å²) in [6, 6.07) is 0. The molecule has 4 aliphatic rings. The third-order valence-corrected chi connectivity index (χ3v) is 3.51. The van der Waals surface area contributed by atoms with E-state index in [0.29, 0.717) is 0 Å². The van der Waals surface area contributed by atoms with Crippen LogP contribution in [-0.4, -0.2) is 46.5 Å². The second kappa shape index (κ2) is 2.52. The van der Waals surface area contributed by atoms with Crippen molar-refractivity contribution in [3.05, 3.63) is 12.2 Å². The first-order valence-electron chi connectivity index (χ1n) is 4.91. The van der Waals surface area contributed by atoms with Crippen molar-refractivity contribution in [3.63, 3.8) is 0 Å². The highest BCUT2D eigenvalue weighted by atomic mass is 16.6. The van der Waals surface area contributed by atoms with E-state index in [1.165, 1.54) is 19.2 Å². The van der Waals surface area contributed by atoms with Gasteiger partial charge in [0.25, 0.3) is 0 Å². The molecule has 4 atom stereocenters. The molecule has 1 N–H and O–H groups in total. The SMILES string of the molecule is CN1C(=O)C2C3C=CC(O)(C(=O)O3)C2C1=O. The summed E-state index contributed by atoms with van der Waals surface area (Å²) in [4.78, 5) is 36.0. The van der Waals surface area contributed by atoms with Gasteiger partial charge in [0.15, 0.2) is 5.60 Å². The van der Waals surface area contributed by atoms with Crippen molar-refractivity contribution in [2.75, 3.05) is 7.05 Å². The average molecular weight is 223 g/mol. The maximum Gasteiger partial charge on any atom is 0.343 e. The highest BCUT2D eigenvalue weighted by Crippen LogP contribution is 2.46. The first-order chi connectivity index (χ1) is 7.47. The Morgan fingerprint density at radius 1 is 1.38 bits per heavy atom. The monoisotopic (exact) mass is 223 g/mol. The van der Waals surface area contributed by atoms with Gasteiger partial charge in [0.05, 0.1) is 11.8 Å². The van der Waals surface area contributed by atoms with Gasteiger partial charge >= 0.3 is 5.97 Å². The van der Waals surface area contributed by atoms with Crippen LogP contribution in [0.1, 0.15) is 0 Å². The number of imide groups is 1. The highest BCUT2D eigenvalue weighted by molar-refractivity contribution is 6.10. The van der Waals surface area contributed by atoms with E-state index < -0.39 is 41.3 Å². The first kappa shape index (κ1) is 9.53. The molecule has 2 saturated heterocycles. The van der Waals surface area contributed by atoms with Crippen LogP contribution in [0.15, 0.2) is 12.2 Å². The molecular weight excluding hydrogens is 214 g/mol. The first-order valence-corrected chi connectivity index (χ1v) is 4.91. The van der Waals surface area contributed by atoms with Crippen LogP contribution in [0.3, 0.4) is 0 Å². The topological polar surface area (TPSA) is 83.9 Å². The minimum Gasteiger partial charge on any atom is -0.455 e. The number of nitrogens with zero attached hydrogens (tertiary/aromatic N) is 1. The highest BCUT2D eigenvalue weighted by Gasteiger charge is 2.67. The van der Waals surface area contributed by atoms with Gasteiger partial charge in [-0.1, -0.05) is 0 Å². The van der Waals surface area contributed by atoms with E-state index in [0.717, 1.165) is 4.90 Å². The summed E-state index contributed by atoms with van der Waals surface area (Å²) >= 11 is 0. The number of hydrogen-bond acceptors (Lipinski definition) is 5. The summed E-state index contributed by atoms with van der Waals surface area (Å²) < 4.78 is 4.89. The molecule has 0 radical (unpaired) electrons. The van der Waals surface area contributed by atoms with E-state index >= 15 is 0 Å². The van der Waals surface area contributed by atoms with Gasteiger partial charge in [-0.25, -0.2) is 4.79 Å². The van der Waals surface area contributed by atoms with E-state index in [1.54, 1.807) is 0 Å². The lowest BCUT2D eigenvalue weighted by Gasteiger charge is -2.42. The Bertz CT molecular complexity index is 456. The molecule has 0 aromatic carbocycles. The largest absolute Gasteiger partial charge is 0.455 e. The Hall–Kier alpha value is -1.69. The lowest BCUT2D eigenvalue weighted by atomic mass is 9.70. The number of hydrogen-bond donors (Lipinski definition) is 1. The van der Waals surface area contributed by atoms with Crippen LogP contribution in [0.25, 0.3) is 0 Å². The third-order valence-electron chi connectivity index (χ3n) is 3.51. The summed E-state index contributed by atoms with van der Waals surface area (Å²) in [5, 5.41) is 10.1. The van der Waals surface area contributed by atoms with Gasteiger partial charge in [-0.15, -0.1) is 0 Å². The molecule has 0 saturated carbocycles. The Labute approximate surface area is 90.5 Å². The number of carbonyl (C=O) groups is 3. The molecule has 4 unspecified atom stereocenters. The van der Waals surface area contributed by atoms with Gasteiger partial charge in [-0.2, -0.15) is 0 Å². The Balaban J connectivity index is 2.18. The van der Waals surface area contributed by atoms with Crippen molar-refractivity contribution >= 4 is 17.8 Å². The summed E-state index contributed by atoms with van der Waals surface area (Å²) in [7, 11) is 1.34. The van der Waals surface area contributed by atoms with Gasteiger partial charge in [0, 0.05) is 7.05 Å². The Morgan fingerprint density at radius 3 is 2.69 bits per heavy atom. The van der Waals surface area contributed by atoms with Gasteiger partial charge in [0.2, 0.25) is 11.8 Å². The fraction of sp³-hybridized carbons (Fsp3) is 0.500. The zero-order valence-electron chi connectivity index (χ0n) is 8.41. The summed E-state index contributed by atoms with van der Waals surface area (Å²) in [5.41, 5.74) is -1.98. The van der Waals surface area contributed by atoms with Crippen molar-refractivity contribution < 1.29 is 24.2 Å². The van der Waals surface area contributed by atoms with Gasteiger partial charge in [-0.05, 0) is 12.2 Å². The quantitative estimate of drug-likeness (QED) is 0.305. The normalized spacial score (nSPS) is 45.0. The smallest absolute Gasteiger partial charge is 0.343 e. The molecule has 6 heteroatoms. The van der Waals surface area contributed by atoms with Crippen molar-refractivity contribution in [2.24, 2.45) is 11.8 Å². The zero-order chi connectivity index (χ0) is 11.7. The second-order valence-corrected chi connectivity index (χ2v) is 4.29. The van der Waals surface area contributed by atoms with Gasteiger partial charge in [-0.3, -0.25) is 14.5 Å². The van der Waals surface area contributed by atoms with Crippen molar-refractivity contribution in [1.29, 1.82) is 0 Å². The summed E-state index contributed by atoms with van der Waals surface area (Å²) in [5.74, 6) is -3.58. The molecule has 4 rings (SSSR count). The Kier molecular flexibility index (Phi) is 1.50. The molecule has 2 fully saturated rings. The maximum atomic E-state index is 11.8. The predicted molar refractivity (Wildman–Crippen MR) is 48.7 cm³/mol. The molecule has 0 spiro atoms. The van der Waals surface area contributed by atoms with E-state index in [9.17, 15) is 19.5 Å². The van der Waals surface area contributed by atoms with Crippen LogP contribution in [-0.2, 0) is 19.1 Å². The number of ether oxygens (including phenoxy) is 1. The van der Waals surface area contributed by atoms with Crippen LogP contribution in [0.2, 0.25) is 0 Å². The van der Waals surface area contributed by atoms with Gasteiger partial charge < -0.3 is 9.84 Å². The molecule has 84 valence electrons. The average Bonchev–Trinajstić information content (AvgIpc) is 2.48. The van der Waals surface area contributed by atoms with Crippen LogP contribution in [0, 0.1) is 11.8 Å². The maximum absolute atomic E-state index is 11.8. The number of amides is 2. The lowest BCUT2D eigenvalue weighted by Crippen LogP contribution is -2.60. The molecule has 0 aromatic rings. The van der Waals surface area contributed by atoms with Crippen molar-refractivity contribution in [3.8, 4) is 0 Å². The van der Waals surface area contributed by atoms with Crippen LogP contribution in [0.4, 0.5) is 0 Å².